The highest BCUT2D eigenvalue weighted by Gasteiger charge is 2.45. The summed E-state index contributed by atoms with van der Waals surface area (Å²) in [6.45, 7) is 1.24. The van der Waals surface area contributed by atoms with Gasteiger partial charge in [-0.05, 0) is 30.9 Å². The minimum absolute atomic E-state index is 0.0352. The van der Waals surface area contributed by atoms with Gasteiger partial charge in [-0.3, -0.25) is 4.57 Å². The Morgan fingerprint density at radius 3 is 2.50 bits per heavy atom. The molecule has 5 N–H and O–H groups in total. The van der Waals surface area contributed by atoms with Crippen LogP contribution in [0.25, 0.3) is 11.2 Å². The van der Waals surface area contributed by atoms with Gasteiger partial charge in [0.1, 0.15) is 18.3 Å². The van der Waals surface area contributed by atoms with Crippen LogP contribution in [0, 0.1) is 0 Å². The summed E-state index contributed by atoms with van der Waals surface area (Å²) in [6, 6.07) is 0. The molecule has 2 aromatic heterocycles. The third kappa shape index (κ3) is 2.78. The van der Waals surface area contributed by atoms with Crippen LogP contribution >= 0.6 is 11.6 Å². The van der Waals surface area contributed by atoms with Gasteiger partial charge in [0.2, 0.25) is 11.2 Å². The van der Waals surface area contributed by atoms with Crippen molar-refractivity contribution in [3.8, 4) is 0 Å². The largest absolute Gasteiger partial charge is 0.394 e. The summed E-state index contributed by atoms with van der Waals surface area (Å²) in [6.07, 6.45) is -1.25. The van der Waals surface area contributed by atoms with Crippen LogP contribution in [0.3, 0.4) is 0 Å². The Balaban J connectivity index is 1.81. The first-order valence-electron chi connectivity index (χ1n) is 8.59. The van der Waals surface area contributed by atoms with Gasteiger partial charge in [-0.1, -0.05) is 0 Å². The van der Waals surface area contributed by atoms with E-state index in [-0.39, 0.29) is 11.2 Å². The highest BCUT2D eigenvalue weighted by atomic mass is 35.5. The Kier molecular flexibility index (Phi) is 4.61. The first-order chi connectivity index (χ1) is 12.5. The van der Waals surface area contributed by atoms with Crippen LogP contribution in [0.5, 0.6) is 0 Å². The second kappa shape index (κ2) is 6.78. The zero-order valence-corrected chi connectivity index (χ0v) is 14.7. The maximum absolute atomic E-state index is 10.3. The van der Waals surface area contributed by atoms with E-state index < -0.39 is 31.1 Å². The van der Waals surface area contributed by atoms with E-state index in [1.54, 1.807) is 0 Å². The van der Waals surface area contributed by atoms with Gasteiger partial charge in [-0.15, -0.1) is 0 Å². The number of imidazole rings is 1. The quantitative estimate of drug-likeness (QED) is 0.522. The van der Waals surface area contributed by atoms with E-state index in [1.807, 2.05) is 0 Å². The summed E-state index contributed by atoms with van der Waals surface area (Å²) in [5.41, 5.74) is 6.68. The molecule has 0 amide bonds. The number of nitrogens with zero attached hydrogens (tertiary/aromatic N) is 5. The number of halogens is 1. The summed E-state index contributed by atoms with van der Waals surface area (Å²) in [5, 5.41) is 29.7. The van der Waals surface area contributed by atoms with Gasteiger partial charge in [0, 0.05) is 13.1 Å². The zero-order chi connectivity index (χ0) is 18.4. The molecule has 4 unspecified atom stereocenters. The lowest BCUT2D eigenvalue weighted by Crippen LogP contribution is -2.33. The maximum atomic E-state index is 10.3. The summed E-state index contributed by atoms with van der Waals surface area (Å²) in [5.74, 6) is 0.655. The van der Waals surface area contributed by atoms with E-state index in [1.165, 1.54) is 4.57 Å². The smallest absolute Gasteiger partial charge is 0.224 e. The molecule has 4 heterocycles. The maximum Gasteiger partial charge on any atom is 0.224 e. The first-order valence-corrected chi connectivity index (χ1v) is 8.97. The normalized spacial score (nSPS) is 29.6. The van der Waals surface area contributed by atoms with Crippen LogP contribution in [0.15, 0.2) is 0 Å². The lowest BCUT2D eigenvalue weighted by Gasteiger charge is -2.27. The van der Waals surface area contributed by atoms with Gasteiger partial charge in [0.25, 0.3) is 0 Å². The van der Waals surface area contributed by atoms with E-state index in [2.05, 4.69) is 19.9 Å². The standard InChI is InChI=1S/C15H21ClN6O4/c16-14-18-8-11(21-4-2-1-3-5-21)19-15(17)20-12(8)22(14)13-10(25)9(24)7(6-23)26-13/h7,9-10,13,23-25H,1-6H2,(H2,17,19,20). The number of hydrogen-bond donors (Lipinski definition) is 4. The van der Waals surface area contributed by atoms with Gasteiger partial charge < -0.3 is 30.7 Å². The fourth-order valence-corrected chi connectivity index (χ4v) is 3.86. The molecule has 4 atom stereocenters. The highest BCUT2D eigenvalue weighted by Crippen LogP contribution is 2.36. The number of aliphatic hydroxyl groups excluding tert-OH is 3. The average Bonchev–Trinajstić information content (AvgIpc) is 3.11. The zero-order valence-electron chi connectivity index (χ0n) is 14.0. The molecule has 2 aliphatic rings. The number of rotatable bonds is 3. The van der Waals surface area contributed by atoms with Gasteiger partial charge in [0.05, 0.1) is 6.61 Å². The fraction of sp³-hybridized carbons (Fsp3) is 0.667. The van der Waals surface area contributed by atoms with Gasteiger partial charge in [-0.25, -0.2) is 4.98 Å². The molecule has 2 saturated heterocycles. The highest BCUT2D eigenvalue weighted by molar-refractivity contribution is 6.29. The Bertz CT molecular complexity index is 811. The predicted octanol–water partition coefficient (Wildman–Crippen LogP) is -0.336. The van der Waals surface area contributed by atoms with Gasteiger partial charge >= 0.3 is 0 Å². The number of piperidine rings is 1. The van der Waals surface area contributed by atoms with E-state index in [0.717, 1.165) is 32.4 Å². The van der Waals surface area contributed by atoms with Crippen LogP contribution in [0.1, 0.15) is 25.5 Å². The first kappa shape index (κ1) is 17.7. The number of hydrogen-bond acceptors (Lipinski definition) is 9. The molecule has 0 bridgehead atoms. The van der Waals surface area contributed by atoms with Crippen LogP contribution in [-0.2, 0) is 4.74 Å². The molecule has 26 heavy (non-hydrogen) atoms. The minimum Gasteiger partial charge on any atom is -0.394 e. The van der Waals surface area contributed by atoms with E-state index in [0.29, 0.717) is 17.0 Å². The number of ether oxygens (including phenoxy) is 1. The fourth-order valence-electron chi connectivity index (χ4n) is 3.59. The number of nitrogen functional groups attached to an aromatic ring is 1. The molecule has 0 radical (unpaired) electrons. The monoisotopic (exact) mass is 384 g/mol. The van der Waals surface area contributed by atoms with Crippen molar-refractivity contribution < 1.29 is 20.1 Å². The van der Waals surface area contributed by atoms with Crippen molar-refractivity contribution in [3.05, 3.63) is 5.28 Å². The molecular formula is C15H21ClN6O4. The molecule has 0 saturated carbocycles. The third-order valence-electron chi connectivity index (χ3n) is 4.92. The second-order valence-corrected chi connectivity index (χ2v) is 6.94. The van der Waals surface area contributed by atoms with Crippen molar-refractivity contribution in [2.75, 3.05) is 30.3 Å². The topological polar surface area (TPSA) is 143 Å². The molecule has 0 aliphatic carbocycles. The van der Waals surface area contributed by atoms with Crippen LogP contribution in [0.2, 0.25) is 5.28 Å². The number of fused-ring (bicyclic) bond motifs is 1. The van der Waals surface area contributed by atoms with Gasteiger partial charge in [0.15, 0.2) is 23.2 Å². The van der Waals surface area contributed by atoms with Crippen molar-refractivity contribution in [2.24, 2.45) is 0 Å². The molecule has 4 rings (SSSR count). The Morgan fingerprint density at radius 2 is 1.85 bits per heavy atom. The van der Waals surface area contributed by atoms with Crippen molar-refractivity contribution in [1.29, 1.82) is 0 Å². The van der Waals surface area contributed by atoms with Crippen LogP contribution in [0.4, 0.5) is 11.8 Å². The van der Waals surface area contributed by atoms with E-state index in [9.17, 15) is 15.3 Å². The molecule has 10 nitrogen and oxygen atoms in total. The van der Waals surface area contributed by atoms with Crippen LogP contribution in [-0.4, -0.2) is 72.8 Å². The van der Waals surface area contributed by atoms with Crippen molar-refractivity contribution in [2.45, 2.75) is 43.8 Å². The minimum atomic E-state index is -1.29. The third-order valence-corrected chi connectivity index (χ3v) is 5.19. The van der Waals surface area contributed by atoms with Crippen molar-refractivity contribution in [3.63, 3.8) is 0 Å². The van der Waals surface area contributed by atoms with Crippen molar-refractivity contribution >= 4 is 34.5 Å². The average molecular weight is 385 g/mol. The molecule has 11 heteroatoms. The molecule has 0 aromatic carbocycles. The number of nitrogens with two attached hydrogens (primary N) is 1. The molecule has 2 aliphatic heterocycles. The molecule has 0 spiro atoms. The van der Waals surface area contributed by atoms with Crippen LogP contribution < -0.4 is 10.6 Å². The number of aromatic nitrogens is 4. The molecule has 2 aromatic rings. The molecule has 142 valence electrons. The summed E-state index contributed by atoms with van der Waals surface area (Å²) in [4.78, 5) is 15.0. The predicted molar refractivity (Wildman–Crippen MR) is 93.8 cm³/mol. The molecule has 2 fully saturated rings. The Morgan fingerprint density at radius 1 is 1.12 bits per heavy atom. The second-order valence-electron chi connectivity index (χ2n) is 6.61. The lowest BCUT2D eigenvalue weighted by atomic mass is 10.1. The summed E-state index contributed by atoms with van der Waals surface area (Å²) in [7, 11) is 0. The number of anilines is 2. The van der Waals surface area contributed by atoms with E-state index in [4.69, 9.17) is 22.1 Å². The lowest BCUT2D eigenvalue weighted by molar-refractivity contribution is -0.0509. The van der Waals surface area contributed by atoms with E-state index >= 15 is 0 Å². The number of aliphatic hydroxyl groups is 3. The summed E-state index contributed by atoms with van der Waals surface area (Å²) >= 11 is 6.30. The Hall–Kier alpha value is -1.72. The summed E-state index contributed by atoms with van der Waals surface area (Å²) < 4.78 is 6.95. The Labute approximate surface area is 154 Å². The van der Waals surface area contributed by atoms with Gasteiger partial charge in [-0.2, -0.15) is 9.97 Å². The SMILES string of the molecule is Nc1nc(N2CCCCC2)c2nc(Cl)n(C3OC(CO)C(O)C3O)c2n1. The van der Waals surface area contributed by atoms with Crippen molar-refractivity contribution in [1.82, 2.24) is 19.5 Å². The molecular weight excluding hydrogens is 364 g/mol.